The van der Waals surface area contributed by atoms with Crippen LogP contribution in [0.25, 0.3) is 0 Å². The van der Waals surface area contributed by atoms with Gasteiger partial charge in [-0.3, -0.25) is 0 Å². The van der Waals surface area contributed by atoms with Crippen LogP contribution in [0.2, 0.25) is 0 Å². The first-order valence-electron chi connectivity index (χ1n) is 5.59. The van der Waals surface area contributed by atoms with Crippen molar-refractivity contribution in [1.29, 1.82) is 0 Å². The Morgan fingerprint density at radius 2 is 1.88 bits per heavy atom. The molecule has 0 aromatic heterocycles. The predicted octanol–water partition coefficient (Wildman–Crippen LogP) is 4.16. The fraction of sp³-hybridized carbons (Fsp3) is 0.462. The van der Waals surface area contributed by atoms with Crippen molar-refractivity contribution in [1.82, 2.24) is 0 Å². The molecular weight excluding hydrogens is 282 g/mol. The first-order valence-corrected chi connectivity index (χ1v) is 6.38. The Hall–Kier alpha value is -1.03. The molecule has 0 saturated carbocycles. The summed E-state index contributed by atoms with van der Waals surface area (Å²) in [6.45, 7) is 8.63. The maximum atomic E-state index is 10.7. The minimum atomic E-state index is -0.433. The molecule has 0 unspecified atom stereocenters. The van der Waals surface area contributed by atoms with Gasteiger partial charge in [-0.15, -0.1) is 0 Å². The summed E-state index contributed by atoms with van der Waals surface area (Å²) in [5, 5.41) is 3.42. The van der Waals surface area contributed by atoms with Gasteiger partial charge in [0.25, 0.3) is 0 Å². The Kier molecular flexibility index (Phi) is 5.00. The van der Waals surface area contributed by atoms with E-state index in [4.69, 9.17) is 4.74 Å². The quantitative estimate of drug-likeness (QED) is 0.849. The SMILES string of the molecule is Cc1cc(COC(=O)Br)cc(C)c1NC(C)C. The second-order valence-electron chi connectivity index (χ2n) is 4.43. The van der Waals surface area contributed by atoms with Crippen molar-refractivity contribution in [3.8, 4) is 0 Å². The number of benzene rings is 1. The first-order chi connectivity index (χ1) is 7.90. The number of aryl methyl sites for hydroxylation is 2. The highest BCUT2D eigenvalue weighted by Gasteiger charge is 2.07. The van der Waals surface area contributed by atoms with Crippen LogP contribution in [-0.4, -0.2) is 10.9 Å². The van der Waals surface area contributed by atoms with Crippen LogP contribution in [0.15, 0.2) is 12.1 Å². The molecule has 0 fully saturated rings. The summed E-state index contributed by atoms with van der Waals surface area (Å²) in [5.74, 6) is 0. The van der Waals surface area contributed by atoms with Gasteiger partial charge in [0.05, 0.1) is 0 Å². The Bertz CT molecular complexity index is 393. The number of halogens is 1. The van der Waals surface area contributed by atoms with Crippen LogP contribution in [0.3, 0.4) is 0 Å². The van der Waals surface area contributed by atoms with Gasteiger partial charge >= 0.3 is 4.88 Å². The summed E-state index contributed by atoms with van der Waals surface area (Å²) in [7, 11) is 0. The van der Waals surface area contributed by atoms with E-state index in [1.807, 2.05) is 12.1 Å². The minimum absolute atomic E-state index is 0.299. The second kappa shape index (κ2) is 6.05. The van der Waals surface area contributed by atoms with Gasteiger partial charge in [-0.1, -0.05) is 12.1 Å². The number of anilines is 1. The van der Waals surface area contributed by atoms with E-state index >= 15 is 0 Å². The van der Waals surface area contributed by atoms with Gasteiger partial charge < -0.3 is 10.1 Å². The van der Waals surface area contributed by atoms with Crippen molar-refractivity contribution in [3.05, 3.63) is 28.8 Å². The van der Waals surface area contributed by atoms with Crippen molar-refractivity contribution in [2.24, 2.45) is 0 Å². The minimum Gasteiger partial charge on any atom is -0.452 e. The van der Waals surface area contributed by atoms with Crippen LogP contribution in [0.1, 0.15) is 30.5 Å². The number of ether oxygens (including phenoxy) is 1. The number of nitrogens with one attached hydrogen (secondary N) is 1. The number of rotatable bonds is 4. The topological polar surface area (TPSA) is 38.3 Å². The number of carbonyl (C=O) groups excluding carboxylic acids is 1. The summed E-state index contributed by atoms with van der Waals surface area (Å²) in [4.78, 5) is 10.2. The van der Waals surface area contributed by atoms with Gasteiger partial charge in [0, 0.05) is 27.7 Å². The van der Waals surface area contributed by atoms with Crippen LogP contribution in [0, 0.1) is 13.8 Å². The Morgan fingerprint density at radius 3 is 2.29 bits per heavy atom. The molecule has 94 valence electrons. The third-order valence-corrected chi connectivity index (χ3v) is 2.61. The number of hydrogen-bond donors (Lipinski definition) is 1. The zero-order valence-electron chi connectivity index (χ0n) is 10.6. The normalized spacial score (nSPS) is 10.5. The summed E-state index contributed by atoms with van der Waals surface area (Å²) >= 11 is 2.74. The lowest BCUT2D eigenvalue weighted by atomic mass is 10.0. The Labute approximate surface area is 111 Å². The molecule has 1 aromatic rings. The predicted molar refractivity (Wildman–Crippen MR) is 73.8 cm³/mol. The van der Waals surface area contributed by atoms with Crippen LogP contribution in [0.5, 0.6) is 0 Å². The van der Waals surface area contributed by atoms with Crippen molar-refractivity contribution < 1.29 is 9.53 Å². The number of carbonyl (C=O) groups is 1. The lowest BCUT2D eigenvalue weighted by molar-refractivity contribution is 0.170. The summed E-state index contributed by atoms with van der Waals surface area (Å²) < 4.78 is 4.92. The lowest BCUT2D eigenvalue weighted by Gasteiger charge is -2.17. The molecule has 0 heterocycles. The molecule has 0 spiro atoms. The largest absolute Gasteiger partial charge is 0.452 e. The maximum Gasteiger partial charge on any atom is 0.374 e. The highest BCUT2D eigenvalue weighted by Crippen LogP contribution is 2.23. The summed E-state index contributed by atoms with van der Waals surface area (Å²) in [6, 6.07) is 4.47. The van der Waals surface area contributed by atoms with Crippen LogP contribution in [0.4, 0.5) is 10.5 Å². The van der Waals surface area contributed by atoms with E-state index < -0.39 is 4.88 Å². The van der Waals surface area contributed by atoms with Gasteiger partial charge in [-0.05, 0) is 44.4 Å². The van der Waals surface area contributed by atoms with Gasteiger partial charge in [0.2, 0.25) is 0 Å². The fourth-order valence-corrected chi connectivity index (χ4v) is 1.91. The zero-order chi connectivity index (χ0) is 13.0. The Morgan fingerprint density at radius 1 is 1.35 bits per heavy atom. The molecule has 3 nitrogen and oxygen atoms in total. The average Bonchev–Trinajstić information content (AvgIpc) is 2.20. The van der Waals surface area contributed by atoms with Gasteiger partial charge in [-0.2, -0.15) is 0 Å². The molecule has 0 amide bonds. The van der Waals surface area contributed by atoms with Crippen molar-refractivity contribution >= 4 is 26.5 Å². The molecule has 0 aliphatic rings. The monoisotopic (exact) mass is 299 g/mol. The third-order valence-electron chi connectivity index (χ3n) is 2.38. The smallest absolute Gasteiger partial charge is 0.374 e. The first kappa shape index (κ1) is 14.0. The van der Waals surface area contributed by atoms with E-state index in [9.17, 15) is 4.79 Å². The van der Waals surface area contributed by atoms with Crippen LogP contribution in [-0.2, 0) is 11.3 Å². The van der Waals surface area contributed by atoms with E-state index in [0.717, 1.165) is 11.3 Å². The summed E-state index contributed by atoms with van der Waals surface area (Å²) in [5.41, 5.74) is 4.50. The van der Waals surface area contributed by atoms with E-state index in [0.29, 0.717) is 12.6 Å². The molecule has 0 radical (unpaired) electrons. The van der Waals surface area contributed by atoms with E-state index in [-0.39, 0.29) is 0 Å². The standard InChI is InChI=1S/C13H18BrNO2/c1-8(2)15-12-9(3)5-11(6-10(12)4)7-17-13(14)16/h5-6,8,15H,7H2,1-4H3. The highest BCUT2D eigenvalue weighted by atomic mass is 79.9. The molecule has 0 atom stereocenters. The second-order valence-corrected chi connectivity index (χ2v) is 5.08. The molecule has 0 bridgehead atoms. The maximum absolute atomic E-state index is 10.7. The van der Waals surface area contributed by atoms with Gasteiger partial charge in [0.1, 0.15) is 6.61 Å². The lowest BCUT2D eigenvalue weighted by Crippen LogP contribution is -2.12. The van der Waals surface area contributed by atoms with Crippen LogP contribution < -0.4 is 5.32 Å². The van der Waals surface area contributed by atoms with Crippen molar-refractivity contribution in [2.75, 3.05) is 5.32 Å². The zero-order valence-corrected chi connectivity index (χ0v) is 12.2. The van der Waals surface area contributed by atoms with Crippen molar-refractivity contribution in [3.63, 3.8) is 0 Å². The molecule has 0 aliphatic heterocycles. The van der Waals surface area contributed by atoms with E-state index in [2.05, 4.69) is 48.9 Å². The van der Waals surface area contributed by atoms with E-state index in [1.54, 1.807) is 0 Å². The molecule has 1 rings (SSSR count). The van der Waals surface area contributed by atoms with Gasteiger partial charge in [0.15, 0.2) is 0 Å². The molecule has 0 aliphatic carbocycles. The van der Waals surface area contributed by atoms with E-state index in [1.165, 1.54) is 11.1 Å². The molecule has 1 aromatic carbocycles. The van der Waals surface area contributed by atoms with Crippen LogP contribution >= 0.6 is 15.9 Å². The average molecular weight is 300 g/mol. The van der Waals surface area contributed by atoms with Gasteiger partial charge in [-0.25, -0.2) is 4.79 Å². The Balaban J connectivity index is 2.89. The molecule has 1 N–H and O–H groups in total. The fourth-order valence-electron chi connectivity index (χ4n) is 1.79. The summed E-state index contributed by atoms with van der Waals surface area (Å²) in [6.07, 6.45) is 0. The number of hydrogen-bond acceptors (Lipinski definition) is 3. The molecule has 17 heavy (non-hydrogen) atoms. The highest BCUT2D eigenvalue weighted by molar-refractivity contribution is 9.18. The third kappa shape index (κ3) is 4.38. The molecule has 4 heteroatoms. The van der Waals surface area contributed by atoms with Crippen molar-refractivity contribution in [2.45, 2.75) is 40.3 Å². The molecular formula is C13H18BrNO2. The molecule has 0 saturated heterocycles.